The molecule has 3 aromatic rings. The SMILES string of the molecule is CC(C)c1ccc2c(c1)c(SC(C)(C)C)c(CC(C)(C)C(=O)NCCN(C)C)n2Cc1ccc(Cl)cc1. The zero-order valence-electron chi connectivity index (χ0n) is 24.0. The van der Waals surface area contributed by atoms with Gasteiger partial charge in [0.15, 0.2) is 0 Å². The van der Waals surface area contributed by atoms with E-state index in [9.17, 15) is 4.79 Å². The van der Waals surface area contributed by atoms with Crippen molar-refractivity contribution in [3.63, 3.8) is 0 Å². The number of likely N-dealkylation sites (N-methyl/N-ethyl adjacent to an activating group) is 1. The zero-order chi connectivity index (χ0) is 27.5. The van der Waals surface area contributed by atoms with Crippen LogP contribution in [0.3, 0.4) is 0 Å². The Morgan fingerprint density at radius 2 is 1.70 bits per heavy atom. The lowest BCUT2D eigenvalue weighted by atomic mass is 9.86. The predicted molar refractivity (Wildman–Crippen MR) is 161 cm³/mol. The van der Waals surface area contributed by atoms with Gasteiger partial charge in [-0.15, -0.1) is 11.8 Å². The smallest absolute Gasteiger partial charge is 0.226 e. The number of nitrogens with one attached hydrogen (secondary N) is 1. The molecule has 0 aliphatic rings. The molecule has 4 nitrogen and oxygen atoms in total. The fourth-order valence-corrected chi connectivity index (χ4v) is 5.75. The zero-order valence-corrected chi connectivity index (χ0v) is 25.6. The molecular weight excluding hydrogens is 498 g/mol. The fraction of sp³-hybridized carbons (Fsp3) is 0.516. The third kappa shape index (κ3) is 7.78. The summed E-state index contributed by atoms with van der Waals surface area (Å²) >= 11 is 8.10. The number of amides is 1. The Morgan fingerprint density at radius 1 is 1.05 bits per heavy atom. The van der Waals surface area contributed by atoms with Crippen molar-refractivity contribution in [1.82, 2.24) is 14.8 Å². The third-order valence-corrected chi connectivity index (χ3v) is 8.07. The molecule has 0 fully saturated rings. The van der Waals surface area contributed by atoms with Crippen LogP contribution in [0.25, 0.3) is 10.9 Å². The summed E-state index contributed by atoms with van der Waals surface area (Å²) in [6.45, 7) is 17.6. The molecule has 1 N–H and O–H groups in total. The Bertz CT molecular complexity index is 1220. The number of hydrogen-bond acceptors (Lipinski definition) is 3. The van der Waals surface area contributed by atoms with Gasteiger partial charge in [0, 0.05) is 62.7 Å². The first kappa shape index (κ1) is 29.6. The summed E-state index contributed by atoms with van der Waals surface area (Å²) in [6.07, 6.45) is 0.651. The monoisotopic (exact) mass is 541 g/mol. The van der Waals surface area contributed by atoms with Crippen LogP contribution in [0, 0.1) is 5.41 Å². The highest BCUT2D eigenvalue weighted by Crippen LogP contribution is 2.44. The maximum atomic E-state index is 13.4. The molecule has 37 heavy (non-hydrogen) atoms. The Hall–Kier alpha value is -1.95. The van der Waals surface area contributed by atoms with Crippen molar-refractivity contribution in [2.75, 3.05) is 27.2 Å². The Balaban J connectivity index is 2.16. The predicted octanol–water partition coefficient (Wildman–Crippen LogP) is 7.60. The largest absolute Gasteiger partial charge is 0.354 e. The molecule has 0 unspecified atom stereocenters. The second kappa shape index (κ2) is 11.8. The number of rotatable bonds is 10. The number of fused-ring (bicyclic) bond motifs is 1. The van der Waals surface area contributed by atoms with Gasteiger partial charge in [-0.1, -0.05) is 78.3 Å². The molecule has 3 rings (SSSR count). The van der Waals surface area contributed by atoms with Gasteiger partial charge < -0.3 is 14.8 Å². The molecule has 0 radical (unpaired) electrons. The van der Waals surface area contributed by atoms with Crippen LogP contribution in [0.1, 0.15) is 71.2 Å². The van der Waals surface area contributed by atoms with E-state index in [1.807, 2.05) is 38.0 Å². The van der Waals surface area contributed by atoms with Crippen LogP contribution in [-0.4, -0.2) is 47.3 Å². The van der Waals surface area contributed by atoms with E-state index in [0.29, 0.717) is 18.9 Å². The lowest BCUT2D eigenvalue weighted by molar-refractivity contribution is -0.129. The second-order valence-corrected chi connectivity index (χ2v) is 14.5. The van der Waals surface area contributed by atoms with Gasteiger partial charge in [0.25, 0.3) is 0 Å². The Kier molecular flexibility index (Phi) is 9.47. The van der Waals surface area contributed by atoms with Crippen LogP contribution >= 0.6 is 23.4 Å². The van der Waals surface area contributed by atoms with E-state index in [0.717, 1.165) is 18.1 Å². The highest BCUT2D eigenvalue weighted by atomic mass is 35.5. The number of nitrogens with zero attached hydrogens (tertiary/aromatic N) is 2. The van der Waals surface area contributed by atoms with Crippen LogP contribution < -0.4 is 5.32 Å². The maximum Gasteiger partial charge on any atom is 0.226 e. The Labute approximate surface area is 233 Å². The average molecular weight is 542 g/mol. The molecule has 0 atom stereocenters. The number of carbonyl (C=O) groups is 1. The minimum atomic E-state index is -0.563. The number of benzene rings is 2. The van der Waals surface area contributed by atoms with Crippen molar-refractivity contribution in [2.45, 2.75) is 77.0 Å². The first-order valence-corrected chi connectivity index (χ1v) is 14.4. The molecule has 0 bridgehead atoms. The van der Waals surface area contributed by atoms with Gasteiger partial charge in [-0.3, -0.25) is 4.79 Å². The first-order valence-electron chi connectivity index (χ1n) is 13.2. The summed E-state index contributed by atoms with van der Waals surface area (Å²) in [5.74, 6) is 0.533. The number of carbonyl (C=O) groups excluding carboxylic acids is 1. The van der Waals surface area contributed by atoms with Crippen molar-refractivity contribution < 1.29 is 4.79 Å². The molecule has 1 amide bonds. The Morgan fingerprint density at radius 3 is 2.27 bits per heavy atom. The van der Waals surface area contributed by atoms with Gasteiger partial charge in [0.1, 0.15) is 0 Å². The summed E-state index contributed by atoms with van der Waals surface area (Å²) in [6, 6.07) is 15.0. The van der Waals surface area contributed by atoms with Gasteiger partial charge in [-0.05, 0) is 55.4 Å². The molecule has 1 heterocycles. The lowest BCUT2D eigenvalue weighted by Gasteiger charge is -2.27. The molecule has 202 valence electrons. The summed E-state index contributed by atoms with van der Waals surface area (Å²) in [7, 11) is 4.04. The molecule has 0 aliphatic carbocycles. The normalized spacial score (nSPS) is 12.6. The summed E-state index contributed by atoms with van der Waals surface area (Å²) in [5.41, 5.74) is 4.39. The van der Waals surface area contributed by atoms with Crippen molar-refractivity contribution in [3.05, 3.63) is 64.3 Å². The number of halogens is 1. The van der Waals surface area contributed by atoms with E-state index >= 15 is 0 Å². The fourth-order valence-electron chi connectivity index (χ4n) is 4.43. The van der Waals surface area contributed by atoms with Gasteiger partial charge in [-0.2, -0.15) is 0 Å². The quantitative estimate of drug-likeness (QED) is 0.268. The average Bonchev–Trinajstić information content (AvgIpc) is 3.05. The van der Waals surface area contributed by atoms with Gasteiger partial charge >= 0.3 is 0 Å². The van der Waals surface area contributed by atoms with Gasteiger partial charge in [-0.25, -0.2) is 0 Å². The topological polar surface area (TPSA) is 37.3 Å². The van der Waals surface area contributed by atoms with E-state index in [-0.39, 0.29) is 10.7 Å². The summed E-state index contributed by atoms with van der Waals surface area (Å²) in [4.78, 5) is 16.7. The maximum absolute atomic E-state index is 13.4. The van der Waals surface area contributed by atoms with Crippen LogP contribution in [0.15, 0.2) is 47.4 Å². The minimum Gasteiger partial charge on any atom is -0.354 e. The molecule has 6 heteroatoms. The molecule has 0 saturated carbocycles. The van der Waals surface area contributed by atoms with Gasteiger partial charge in [0.2, 0.25) is 5.91 Å². The molecule has 0 aliphatic heterocycles. The van der Waals surface area contributed by atoms with E-state index in [1.54, 1.807) is 0 Å². The standard InChI is InChI=1S/C31H44ClN3OS/c1-21(2)23-12-15-26-25(18-23)28(37-30(3,4)5)27(35(26)20-22-10-13-24(32)14-11-22)19-31(6,7)29(36)33-16-17-34(8)9/h10-15,18,21H,16-17,19-20H2,1-9H3,(H,33,36). The van der Waals surface area contributed by atoms with E-state index < -0.39 is 5.41 Å². The molecule has 0 spiro atoms. The second-order valence-electron chi connectivity index (χ2n) is 12.3. The van der Waals surface area contributed by atoms with Crippen molar-refractivity contribution in [1.29, 1.82) is 0 Å². The van der Waals surface area contributed by atoms with E-state index in [4.69, 9.17) is 11.6 Å². The number of thioether (sulfide) groups is 1. The van der Waals surface area contributed by atoms with Crippen LogP contribution in [0.2, 0.25) is 5.02 Å². The molecule has 1 aromatic heterocycles. The molecule has 0 saturated heterocycles. The van der Waals surface area contributed by atoms with Crippen molar-refractivity contribution in [3.8, 4) is 0 Å². The number of hydrogen-bond donors (Lipinski definition) is 1. The summed E-state index contributed by atoms with van der Waals surface area (Å²) in [5, 5.41) is 5.18. The first-order chi connectivity index (χ1) is 17.2. The minimum absolute atomic E-state index is 0.0279. The van der Waals surface area contributed by atoms with Crippen LogP contribution in [-0.2, 0) is 17.8 Å². The van der Waals surface area contributed by atoms with Crippen LogP contribution in [0.5, 0.6) is 0 Å². The summed E-state index contributed by atoms with van der Waals surface area (Å²) < 4.78 is 2.45. The highest BCUT2D eigenvalue weighted by molar-refractivity contribution is 8.00. The highest BCUT2D eigenvalue weighted by Gasteiger charge is 2.33. The molecule has 2 aromatic carbocycles. The van der Waals surface area contributed by atoms with Crippen molar-refractivity contribution in [2.24, 2.45) is 5.41 Å². The number of aromatic nitrogens is 1. The van der Waals surface area contributed by atoms with Gasteiger partial charge in [0.05, 0.1) is 0 Å². The third-order valence-electron chi connectivity index (χ3n) is 6.54. The van der Waals surface area contributed by atoms with E-state index in [1.165, 1.54) is 32.6 Å². The van der Waals surface area contributed by atoms with E-state index in [2.05, 4.69) is 93.6 Å². The lowest BCUT2D eigenvalue weighted by Crippen LogP contribution is -2.41. The molecular formula is C31H44ClN3OS. The van der Waals surface area contributed by atoms with Crippen molar-refractivity contribution >= 4 is 40.2 Å². The van der Waals surface area contributed by atoms with Crippen LogP contribution in [0.4, 0.5) is 0 Å².